The molecule has 1 fully saturated rings. The second-order valence-corrected chi connectivity index (χ2v) is 7.03. The molecule has 6 heteroatoms. The van der Waals surface area contributed by atoms with Crippen molar-refractivity contribution >= 4 is 5.91 Å². The molecule has 0 aliphatic heterocycles. The van der Waals surface area contributed by atoms with Crippen LogP contribution in [0.5, 0.6) is 0 Å². The number of nitrogens with one attached hydrogen (secondary N) is 1. The summed E-state index contributed by atoms with van der Waals surface area (Å²) >= 11 is 0. The molecule has 0 spiro atoms. The highest BCUT2D eigenvalue weighted by atomic mass is 16.1. The monoisotopic (exact) mass is 343 g/mol. The predicted octanol–water partition coefficient (Wildman–Crippen LogP) is 3.46. The number of rotatable bonds is 5. The van der Waals surface area contributed by atoms with E-state index in [1.165, 1.54) is 19.3 Å². The van der Waals surface area contributed by atoms with Crippen molar-refractivity contribution in [2.24, 2.45) is 0 Å². The van der Waals surface area contributed by atoms with Crippen LogP contribution in [0.1, 0.15) is 78.1 Å². The van der Waals surface area contributed by atoms with Gasteiger partial charge in [-0.1, -0.05) is 19.3 Å². The van der Waals surface area contributed by atoms with Crippen LogP contribution in [-0.4, -0.2) is 25.5 Å². The van der Waals surface area contributed by atoms with Crippen molar-refractivity contribution in [3.63, 3.8) is 0 Å². The van der Waals surface area contributed by atoms with Crippen LogP contribution in [0.15, 0.2) is 6.20 Å². The molecular formula is C19H29N5O. The molecule has 1 saturated carbocycles. The van der Waals surface area contributed by atoms with Gasteiger partial charge in [-0.05, 0) is 40.5 Å². The van der Waals surface area contributed by atoms with Gasteiger partial charge in [0.1, 0.15) is 0 Å². The molecule has 2 aromatic heterocycles. The number of aryl methyl sites for hydroxylation is 2. The summed E-state index contributed by atoms with van der Waals surface area (Å²) in [5.41, 5.74) is 4.86. The van der Waals surface area contributed by atoms with Gasteiger partial charge < -0.3 is 5.32 Å². The lowest BCUT2D eigenvalue weighted by Gasteiger charge is -2.23. The van der Waals surface area contributed by atoms with Gasteiger partial charge in [0, 0.05) is 30.0 Å². The van der Waals surface area contributed by atoms with Crippen molar-refractivity contribution < 1.29 is 4.79 Å². The largest absolute Gasteiger partial charge is 0.348 e. The van der Waals surface area contributed by atoms with Crippen LogP contribution in [0.3, 0.4) is 0 Å². The maximum atomic E-state index is 12.6. The number of amides is 1. The third-order valence-corrected chi connectivity index (χ3v) is 5.47. The first-order valence-corrected chi connectivity index (χ1v) is 9.38. The average molecular weight is 343 g/mol. The normalized spacial score (nSPS) is 15.5. The molecule has 0 aromatic carbocycles. The zero-order valence-corrected chi connectivity index (χ0v) is 15.8. The Hall–Kier alpha value is -2.11. The molecule has 1 aliphatic rings. The summed E-state index contributed by atoms with van der Waals surface area (Å²) < 4.78 is 4.03. The highest BCUT2D eigenvalue weighted by Gasteiger charge is 2.22. The summed E-state index contributed by atoms with van der Waals surface area (Å²) in [4.78, 5) is 12.6. The summed E-state index contributed by atoms with van der Waals surface area (Å²) in [5, 5.41) is 12.1. The Balaban J connectivity index is 1.70. The SMILES string of the molecule is CCn1nc(C)c(CNC(=O)c2cnn(C3CCCCC3)c2C)c1C. The fourth-order valence-electron chi connectivity index (χ4n) is 3.90. The molecule has 2 aromatic rings. The van der Waals surface area contributed by atoms with E-state index in [4.69, 9.17) is 0 Å². The van der Waals surface area contributed by atoms with Crippen molar-refractivity contribution in [3.8, 4) is 0 Å². The van der Waals surface area contributed by atoms with Crippen molar-refractivity contribution in [2.45, 2.75) is 78.9 Å². The molecule has 0 unspecified atom stereocenters. The first-order chi connectivity index (χ1) is 12.0. The van der Waals surface area contributed by atoms with E-state index in [0.29, 0.717) is 18.2 Å². The molecule has 1 aliphatic carbocycles. The quantitative estimate of drug-likeness (QED) is 0.904. The highest BCUT2D eigenvalue weighted by molar-refractivity contribution is 5.95. The van der Waals surface area contributed by atoms with E-state index in [0.717, 1.165) is 42.0 Å². The molecule has 0 saturated heterocycles. The van der Waals surface area contributed by atoms with E-state index in [-0.39, 0.29) is 5.91 Å². The number of aromatic nitrogens is 4. The number of carbonyl (C=O) groups is 1. The maximum absolute atomic E-state index is 12.6. The van der Waals surface area contributed by atoms with E-state index in [1.54, 1.807) is 6.20 Å². The minimum atomic E-state index is -0.0531. The predicted molar refractivity (Wildman–Crippen MR) is 97.6 cm³/mol. The van der Waals surface area contributed by atoms with E-state index >= 15 is 0 Å². The van der Waals surface area contributed by atoms with Gasteiger partial charge in [0.25, 0.3) is 5.91 Å². The number of hydrogen-bond acceptors (Lipinski definition) is 3. The van der Waals surface area contributed by atoms with Crippen molar-refractivity contribution in [1.82, 2.24) is 24.9 Å². The number of nitrogens with zero attached hydrogens (tertiary/aromatic N) is 4. The molecule has 136 valence electrons. The topological polar surface area (TPSA) is 64.7 Å². The lowest BCUT2D eigenvalue weighted by Crippen LogP contribution is -2.24. The Labute approximate surface area is 149 Å². The van der Waals surface area contributed by atoms with Crippen molar-refractivity contribution in [1.29, 1.82) is 0 Å². The Bertz CT molecular complexity index is 752. The molecule has 1 amide bonds. The Morgan fingerprint density at radius 1 is 1.20 bits per heavy atom. The van der Waals surface area contributed by atoms with Gasteiger partial charge >= 0.3 is 0 Å². The third kappa shape index (κ3) is 3.48. The zero-order chi connectivity index (χ0) is 18.0. The second-order valence-electron chi connectivity index (χ2n) is 7.03. The smallest absolute Gasteiger partial charge is 0.255 e. The van der Waals surface area contributed by atoms with Crippen LogP contribution in [0.4, 0.5) is 0 Å². The molecule has 3 rings (SSSR count). The van der Waals surface area contributed by atoms with E-state index in [1.807, 2.05) is 18.5 Å². The average Bonchev–Trinajstić information content (AvgIpc) is 3.13. The fourth-order valence-corrected chi connectivity index (χ4v) is 3.90. The lowest BCUT2D eigenvalue weighted by atomic mass is 9.95. The summed E-state index contributed by atoms with van der Waals surface area (Å²) in [6.07, 6.45) is 7.87. The lowest BCUT2D eigenvalue weighted by molar-refractivity contribution is 0.0950. The van der Waals surface area contributed by atoms with Gasteiger partial charge in [-0.3, -0.25) is 14.2 Å². The summed E-state index contributed by atoms with van der Waals surface area (Å²) in [7, 11) is 0. The first-order valence-electron chi connectivity index (χ1n) is 9.38. The fraction of sp³-hybridized carbons (Fsp3) is 0.632. The summed E-state index contributed by atoms with van der Waals surface area (Å²) in [5.74, 6) is -0.0531. The zero-order valence-electron chi connectivity index (χ0n) is 15.8. The first kappa shape index (κ1) is 17.7. The Morgan fingerprint density at radius 3 is 2.56 bits per heavy atom. The summed E-state index contributed by atoms with van der Waals surface area (Å²) in [6.45, 7) is 9.47. The van der Waals surface area contributed by atoms with Crippen LogP contribution in [0.2, 0.25) is 0 Å². The van der Waals surface area contributed by atoms with Gasteiger partial charge in [0.2, 0.25) is 0 Å². The number of hydrogen-bond donors (Lipinski definition) is 1. The van der Waals surface area contributed by atoms with Crippen LogP contribution in [0, 0.1) is 20.8 Å². The minimum absolute atomic E-state index is 0.0531. The molecule has 25 heavy (non-hydrogen) atoms. The highest BCUT2D eigenvalue weighted by Crippen LogP contribution is 2.29. The van der Waals surface area contributed by atoms with Crippen molar-refractivity contribution in [3.05, 3.63) is 34.4 Å². The van der Waals surface area contributed by atoms with Crippen LogP contribution >= 0.6 is 0 Å². The standard InChI is InChI=1S/C19H29N5O/c1-5-23-14(3)17(13(2)22-23)11-20-19(25)18-12-21-24(15(18)4)16-9-7-6-8-10-16/h12,16H,5-11H2,1-4H3,(H,20,25). The number of carbonyl (C=O) groups excluding carboxylic acids is 1. The van der Waals surface area contributed by atoms with E-state index in [9.17, 15) is 4.79 Å². The minimum Gasteiger partial charge on any atom is -0.348 e. The van der Waals surface area contributed by atoms with Gasteiger partial charge in [-0.25, -0.2) is 0 Å². The maximum Gasteiger partial charge on any atom is 0.255 e. The molecule has 0 radical (unpaired) electrons. The Morgan fingerprint density at radius 2 is 1.92 bits per heavy atom. The van der Waals surface area contributed by atoms with Gasteiger partial charge in [0.05, 0.1) is 23.5 Å². The van der Waals surface area contributed by atoms with E-state index in [2.05, 4.69) is 34.0 Å². The molecule has 1 N–H and O–H groups in total. The van der Waals surface area contributed by atoms with E-state index < -0.39 is 0 Å². The van der Waals surface area contributed by atoms with Gasteiger partial charge in [-0.2, -0.15) is 10.2 Å². The molecular weight excluding hydrogens is 314 g/mol. The van der Waals surface area contributed by atoms with Gasteiger partial charge in [-0.15, -0.1) is 0 Å². The van der Waals surface area contributed by atoms with Crippen LogP contribution in [-0.2, 0) is 13.1 Å². The van der Waals surface area contributed by atoms with Crippen LogP contribution < -0.4 is 5.32 Å². The van der Waals surface area contributed by atoms with Crippen molar-refractivity contribution in [2.75, 3.05) is 0 Å². The third-order valence-electron chi connectivity index (χ3n) is 5.47. The molecule has 6 nitrogen and oxygen atoms in total. The van der Waals surface area contributed by atoms with Gasteiger partial charge in [0.15, 0.2) is 0 Å². The molecule has 0 atom stereocenters. The second kappa shape index (κ2) is 7.42. The molecule has 2 heterocycles. The molecule has 0 bridgehead atoms. The summed E-state index contributed by atoms with van der Waals surface area (Å²) in [6, 6.07) is 0.447. The Kier molecular flexibility index (Phi) is 5.25. The van der Waals surface area contributed by atoms with Crippen LogP contribution in [0.25, 0.3) is 0 Å².